The van der Waals surface area contributed by atoms with E-state index in [-0.39, 0.29) is 23.9 Å². The van der Waals surface area contributed by atoms with Crippen molar-refractivity contribution in [1.82, 2.24) is 9.13 Å². The maximum Gasteiger partial charge on any atom is 0.328 e. The minimum absolute atomic E-state index is 0.0437. The number of benzene rings is 3. The number of halogens is 1. The molecule has 0 N–H and O–H groups in total. The Labute approximate surface area is 201 Å². The molecule has 8 nitrogen and oxygen atoms in total. The first-order valence-corrected chi connectivity index (χ1v) is 12.3. The maximum atomic E-state index is 13.8. The second-order valence-corrected chi connectivity index (χ2v) is 10.5. The van der Waals surface area contributed by atoms with Gasteiger partial charge in [0.25, 0.3) is 10.0 Å². The van der Waals surface area contributed by atoms with Crippen molar-refractivity contribution in [3.63, 3.8) is 0 Å². The SMILES string of the molecule is Cc1ccc(S(=O)(=O)N(Cc2cc3c(cc2Cl)OCO3)c2ccc3c(c2)n(C)c(=O)n3C)cc1. The standard InChI is InChI=1S/C24H22ClN3O5S/c1-15-4-7-18(8-5-15)34(30,31)28(13-16-10-22-23(12-19(16)25)33-14-32-22)17-6-9-20-21(11-17)27(3)24(29)26(20)2/h4-12H,13-14H2,1-3H3. The molecule has 3 aromatic carbocycles. The van der Waals surface area contributed by atoms with Gasteiger partial charge in [0.15, 0.2) is 11.5 Å². The molecule has 0 spiro atoms. The minimum atomic E-state index is -3.98. The summed E-state index contributed by atoms with van der Waals surface area (Å²) in [6.45, 7) is 1.93. The second-order valence-electron chi connectivity index (χ2n) is 8.20. The number of ether oxygens (including phenoxy) is 2. The Bertz CT molecular complexity index is 1590. The number of imidazole rings is 1. The van der Waals surface area contributed by atoms with E-state index in [9.17, 15) is 13.2 Å². The van der Waals surface area contributed by atoms with Crippen LogP contribution in [0.25, 0.3) is 11.0 Å². The van der Waals surface area contributed by atoms with Gasteiger partial charge in [0, 0.05) is 25.2 Å². The molecule has 10 heteroatoms. The first-order valence-electron chi connectivity index (χ1n) is 10.5. The summed E-state index contributed by atoms with van der Waals surface area (Å²) in [6.07, 6.45) is 0. The zero-order chi connectivity index (χ0) is 24.2. The number of hydrogen-bond donors (Lipinski definition) is 0. The summed E-state index contributed by atoms with van der Waals surface area (Å²) < 4.78 is 42.8. The van der Waals surface area contributed by atoms with Crippen LogP contribution in [-0.4, -0.2) is 24.3 Å². The van der Waals surface area contributed by atoms with E-state index in [4.69, 9.17) is 21.1 Å². The fraction of sp³-hybridized carbons (Fsp3) is 0.208. The van der Waals surface area contributed by atoms with Crippen molar-refractivity contribution in [2.45, 2.75) is 18.4 Å². The van der Waals surface area contributed by atoms with Gasteiger partial charge in [-0.05, 0) is 48.9 Å². The van der Waals surface area contributed by atoms with Crippen LogP contribution in [0.2, 0.25) is 5.02 Å². The molecule has 0 bridgehead atoms. The van der Waals surface area contributed by atoms with E-state index in [0.717, 1.165) is 5.56 Å². The number of aromatic nitrogens is 2. The second kappa shape index (κ2) is 8.11. The van der Waals surface area contributed by atoms with E-state index >= 15 is 0 Å². The molecule has 176 valence electrons. The van der Waals surface area contributed by atoms with Crippen LogP contribution in [0.4, 0.5) is 5.69 Å². The van der Waals surface area contributed by atoms with Gasteiger partial charge in [0.1, 0.15) is 0 Å². The van der Waals surface area contributed by atoms with E-state index in [1.807, 2.05) is 6.92 Å². The van der Waals surface area contributed by atoms with Crippen LogP contribution >= 0.6 is 11.6 Å². The lowest BCUT2D eigenvalue weighted by Gasteiger charge is -2.25. The molecule has 0 unspecified atom stereocenters. The third-order valence-electron chi connectivity index (χ3n) is 6.01. The predicted octanol–water partition coefficient (Wildman–Crippen LogP) is 3.96. The summed E-state index contributed by atoms with van der Waals surface area (Å²) in [5.74, 6) is 1.02. The quantitative estimate of drug-likeness (QED) is 0.415. The molecule has 0 aliphatic carbocycles. The van der Waals surface area contributed by atoms with Crippen LogP contribution in [0.3, 0.4) is 0 Å². The molecule has 34 heavy (non-hydrogen) atoms. The average Bonchev–Trinajstić information content (AvgIpc) is 3.35. The number of sulfonamides is 1. The van der Waals surface area contributed by atoms with Crippen molar-refractivity contribution in [3.8, 4) is 11.5 Å². The lowest BCUT2D eigenvalue weighted by atomic mass is 10.2. The molecule has 0 saturated heterocycles. The highest BCUT2D eigenvalue weighted by Crippen LogP contribution is 2.38. The van der Waals surface area contributed by atoms with Gasteiger partial charge in [-0.15, -0.1) is 0 Å². The summed E-state index contributed by atoms with van der Waals surface area (Å²) in [4.78, 5) is 12.6. The number of rotatable bonds is 5. The predicted molar refractivity (Wildman–Crippen MR) is 130 cm³/mol. The van der Waals surface area contributed by atoms with Crippen molar-refractivity contribution in [2.75, 3.05) is 11.1 Å². The monoisotopic (exact) mass is 499 g/mol. The number of nitrogens with zero attached hydrogens (tertiary/aromatic N) is 3. The first kappa shape index (κ1) is 22.4. The third kappa shape index (κ3) is 3.61. The summed E-state index contributed by atoms with van der Waals surface area (Å²) in [6, 6.07) is 15.1. The summed E-state index contributed by atoms with van der Waals surface area (Å²) in [5.41, 5.74) is 3.03. The summed E-state index contributed by atoms with van der Waals surface area (Å²) >= 11 is 6.49. The van der Waals surface area contributed by atoms with Crippen LogP contribution in [0.15, 0.2) is 64.3 Å². The molecule has 0 amide bonds. The van der Waals surface area contributed by atoms with Gasteiger partial charge in [-0.1, -0.05) is 29.3 Å². The summed E-state index contributed by atoms with van der Waals surface area (Å²) in [5, 5.41) is 0.363. The van der Waals surface area contributed by atoms with Gasteiger partial charge in [0.05, 0.1) is 28.2 Å². The molecule has 0 fully saturated rings. The van der Waals surface area contributed by atoms with E-state index in [1.54, 1.807) is 68.7 Å². The van der Waals surface area contributed by atoms with Crippen molar-refractivity contribution < 1.29 is 17.9 Å². The van der Waals surface area contributed by atoms with Crippen LogP contribution < -0.4 is 19.5 Å². The molecule has 1 aromatic heterocycles. The van der Waals surface area contributed by atoms with Gasteiger partial charge in [0.2, 0.25) is 6.79 Å². The number of fused-ring (bicyclic) bond motifs is 2. The molecule has 0 atom stereocenters. The van der Waals surface area contributed by atoms with Gasteiger partial charge in [-0.25, -0.2) is 13.2 Å². The Morgan fingerprint density at radius 1 is 0.941 bits per heavy atom. The molecule has 0 saturated carbocycles. The molecule has 4 aromatic rings. The molecule has 5 rings (SSSR count). The Balaban J connectivity index is 1.68. The van der Waals surface area contributed by atoms with E-state index in [1.165, 1.54) is 13.4 Å². The molecule has 0 radical (unpaired) electrons. The van der Waals surface area contributed by atoms with E-state index in [0.29, 0.717) is 38.8 Å². The van der Waals surface area contributed by atoms with Gasteiger partial charge in [-0.2, -0.15) is 0 Å². The third-order valence-corrected chi connectivity index (χ3v) is 8.15. The average molecular weight is 500 g/mol. The smallest absolute Gasteiger partial charge is 0.328 e. The zero-order valence-corrected chi connectivity index (χ0v) is 20.4. The maximum absolute atomic E-state index is 13.8. The molecular formula is C24H22ClN3O5S. The van der Waals surface area contributed by atoms with Crippen LogP contribution in [0.5, 0.6) is 11.5 Å². The Morgan fingerprint density at radius 3 is 2.29 bits per heavy atom. The highest BCUT2D eigenvalue weighted by Gasteiger charge is 2.28. The lowest BCUT2D eigenvalue weighted by Crippen LogP contribution is -2.30. The van der Waals surface area contributed by atoms with Crippen molar-refractivity contribution in [3.05, 3.63) is 81.2 Å². The highest BCUT2D eigenvalue weighted by molar-refractivity contribution is 7.92. The van der Waals surface area contributed by atoms with Gasteiger partial charge < -0.3 is 9.47 Å². The number of anilines is 1. The Hall–Kier alpha value is -3.43. The van der Waals surface area contributed by atoms with Crippen molar-refractivity contribution in [1.29, 1.82) is 0 Å². The normalized spacial score (nSPS) is 12.9. The Morgan fingerprint density at radius 2 is 1.59 bits per heavy atom. The largest absolute Gasteiger partial charge is 0.454 e. The number of aryl methyl sites for hydroxylation is 3. The lowest BCUT2D eigenvalue weighted by molar-refractivity contribution is 0.174. The van der Waals surface area contributed by atoms with E-state index in [2.05, 4.69) is 0 Å². The number of hydrogen-bond acceptors (Lipinski definition) is 5. The highest BCUT2D eigenvalue weighted by atomic mass is 35.5. The molecule has 2 heterocycles. The minimum Gasteiger partial charge on any atom is -0.454 e. The first-order chi connectivity index (χ1) is 16.2. The molecule has 1 aliphatic rings. The molecule has 1 aliphatic heterocycles. The fourth-order valence-electron chi connectivity index (χ4n) is 4.04. The van der Waals surface area contributed by atoms with Crippen LogP contribution in [0.1, 0.15) is 11.1 Å². The van der Waals surface area contributed by atoms with Crippen LogP contribution in [-0.2, 0) is 30.7 Å². The van der Waals surface area contributed by atoms with Gasteiger partial charge in [-0.3, -0.25) is 13.4 Å². The van der Waals surface area contributed by atoms with Crippen molar-refractivity contribution in [2.24, 2.45) is 14.1 Å². The van der Waals surface area contributed by atoms with E-state index < -0.39 is 10.0 Å². The fourth-order valence-corrected chi connectivity index (χ4v) is 5.69. The Kier molecular flexibility index (Phi) is 5.33. The van der Waals surface area contributed by atoms with Crippen LogP contribution in [0, 0.1) is 6.92 Å². The van der Waals surface area contributed by atoms with Gasteiger partial charge >= 0.3 is 5.69 Å². The zero-order valence-electron chi connectivity index (χ0n) is 18.8. The molecular weight excluding hydrogens is 478 g/mol. The summed E-state index contributed by atoms with van der Waals surface area (Å²) in [7, 11) is -0.643. The van der Waals surface area contributed by atoms with Crippen molar-refractivity contribution >= 4 is 38.3 Å². The topological polar surface area (TPSA) is 82.8 Å².